The van der Waals surface area contributed by atoms with Gasteiger partial charge in [0.2, 0.25) is 5.95 Å². The summed E-state index contributed by atoms with van der Waals surface area (Å²) < 4.78 is 7.69. The number of fused-ring (bicyclic) bond motifs is 3. The molecule has 0 aliphatic carbocycles. The number of esters is 1. The molecule has 7 heteroatoms. The maximum Gasteiger partial charge on any atom is 0.338 e. The zero-order valence-electron chi connectivity index (χ0n) is 17.2. The largest absolute Gasteiger partial charge is 0.457 e. The van der Waals surface area contributed by atoms with Crippen LogP contribution in [0, 0.1) is 0 Å². The van der Waals surface area contributed by atoms with Crippen molar-refractivity contribution in [2.45, 2.75) is 19.6 Å². The smallest absolute Gasteiger partial charge is 0.338 e. The highest BCUT2D eigenvalue weighted by molar-refractivity contribution is 6.42. The third-order valence-electron chi connectivity index (χ3n) is 5.54. The Morgan fingerprint density at radius 3 is 2.59 bits per heavy atom. The minimum atomic E-state index is -0.548. The predicted molar refractivity (Wildman–Crippen MR) is 127 cm³/mol. The van der Waals surface area contributed by atoms with Gasteiger partial charge >= 0.3 is 5.97 Å². The molecule has 2 heterocycles. The number of imidazole rings is 1. The molecule has 160 valence electrons. The van der Waals surface area contributed by atoms with Gasteiger partial charge in [0, 0.05) is 5.70 Å². The van der Waals surface area contributed by atoms with Crippen LogP contribution >= 0.6 is 23.2 Å². The number of benzene rings is 3. The molecule has 0 radical (unpaired) electrons. The molecule has 1 unspecified atom stereocenters. The summed E-state index contributed by atoms with van der Waals surface area (Å²) in [4.78, 5) is 18.1. The van der Waals surface area contributed by atoms with Gasteiger partial charge < -0.3 is 10.1 Å². The Hall–Kier alpha value is -3.28. The molecule has 0 saturated carbocycles. The first-order valence-corrected chi connectivity index (χ1v) is 10.9. The lowest BCUT2D eigenvalue weighted by Gasteiger charge is -2.31. The van der Waals surface area contributed by atoms with Gasteiger partial charge in [0.25, 0.3) is 0 Å². The van der Waals surface area contributed by atoms with Gasteiger partial charge in [-0.25, -0.2) is 9.78 Å². The van der Waals surface area contributed by atoms with Gasteiger partial charge in [-0.05, 0) is 36.2 Å². The van der Waals surface area contributed by atoms with E-state index in [0.717, 1.165) is 16.6 Å². The number of nitrogens with zero attached hydrogens (tertiary/aromatic N) is 2. The highest BCUT2D eigenvalue weighted by Crippen LogP contribution is 2.43. The van der Waals surface area contributed by atoms with Crippen LogP contribution in [0.5, 0.6) is 0 Å². The molecule has 1 N–H and O–H groups in total. The summed E-state index contributed by atoms with van der Waals surface area (Å²) >= 11 is 13.0. The van der Waals surface area contributed by atoms with E-state index in [1.54, 1.807) is 6.07 Å². The molecule has 5 rings (SSSR count). The number of hydrogen-bond donors (Lipinski definition) is 1. The zero-order valence-corrected chi connectivity index (χ0v) is 18.7. The Morgan fingerprint density at radius 1 is 1.03 bits per heavy atom. The van der Waals surface area contributed by atoms with Gasteiger partial charge in [-0.1, -0.05) is 77.8 Å². The van der Waals surface area contributed by atoms with Crippen molar-refractivity contribution in [3.8, 4) is 0 Å². The third kappa shape index (κ3) is 3.53. The van der Waals surface area contributed by atoms with Crippen molar-refractivity contribution in [3.63, 3.8) is 0 Å². The summed E-state index contributed by atoms with van der Waals surface area (Å²) in [6.07, 6.45) is 0. The molecule has 4 aromatic rings. The molecule has 1 aliphatic heterocycles. The van der Waals surface area contributed by atoms with Crippen molar-refractivity contribution in [1.82, 2.24) is 9.55 Å². The summed E-state index contributed by atoms with van der Waals surface area (Å²) in [5, 5.41) is 4.08. The fourth-order valence-corrected chi connectivity index (χ4v) is 4.47. The van der Waals surface area contributed by atoms with Crippen LogP contribution < -0.4 is 5.32 Å². The average molecular weight is 464 g/mol. The lowest BCUT2D eigenvalue weighted by Crippen LogP contribution is -2.29. The first-order chi connectivity index (χ1) is 15.5. The van der Waals surface area contributed by atoms with Crippen LogP contribution in [0.2, 0.25) is 10.0 Å². The second-order valence-electron chi connectivity index (χ2n) is 7.57. The summed E-state index contributed by atoms with van der Waals surface area (Å²) in [5.74, 6) is 0.202. The molecule has 32 heavy (non-hydrogen) atoms. The molecule has 0 amide bonds. The number of allylic oxidation sites excluding steroid dienone is 1. The van der Waals surface area contributed by atoms with E-state index < -0.39 is 12.0 Å². The lowest BCUT2D eigenvalue weighted by atomic mass is 9.95. The van der Waals surface area contributed by atoms with Crippen LogP contribution in [0.1, 0.15) is 24.1 Å². The molecular weight excluding hydrogens is 445 g/mol. The number of para-hydroxylation sites is 2. The fourth-order valence-electron chi connectivity index (χ4n) is 4.06. The fraction of sp³-hybridized carbons (Fsp3) is 0.120. The summed E-state index contributed by atoms with van der Waals surface area (Å²) in [7, 11) is 0. The van der Waals surface area contributed by atoms with Crippen molar-refractivity contribution in [3.05, 3.63) is 105 Å². The Kier molecular flexibility index (Phi) is 5.37. The van der Waals surface area contributed by atoms with Crippen LogP contribution in [0.25, 0.3) is 11.0 Å². The second kappa shape index (κ2) is 8.34. The molecule has 0 bridgehead atoms. The van der Waals surface area contributed by atoms with Crippen molar-refractivity contribution in [1.29, 1.82) is 0 Å². The van der Waals surface area contributed by atoms with E-state index in [-0.39, 0.29) is 6.61 Å². The van der Waals surface area contributed by atoms with Crippen molar-refractivity contribution in [2.24, 2.45) is 0 Å². The molecule has 5 nitrogen and oxygen atoms in total. The minimum absolute atomic E-state index is 0.171. The van der Waals surface area contributed by atoms with E-state index >= 15 is 0 Å². The van der Waals surface area contributed by atoms with Crippen LogP contribution in [0.15, 0.2) is 84.1 Å². The summed E-state index contributed by atoms with van der Waals surface area (Å²) in [6.45, 7) is 2.01. The first kappa shape index (κ1) is 20.6. The number of ether oxygens (including phenoxy) is 1. The van der Waals surface area contributed by atoms with Gasteiger partial charge in [-0.2, -0.15) is 0 Å². The summed E-state index contributed by atoms with van der Waals surface area (Å²) in [5.41, 5.74) is 4.42. The van der Waals surface area contributed by atoms with E-state index in [2.05, 4.69) is 5.32 Å². The SMILES string of the molecule is CC1=C(C(=O)OCc2ccccc2)C(c2cccc(Cl)c2Cl)n2c(nc3ccccc32)N1. The number of hydrogen-bond acceptors (Lipinski definition) is 4. The van der Waals surface area contributed by atoms with E-state index in [0.29, 0.717) is 32.8 Å². The van der Waals surface area contributed by atoms with E-state index in [4.69, 9.17) is 32.9 Å². The van der Waals surface area contributed by atoms with Crippen molar-refractivity contribution >= 4 is 46.2 Å². The quantitative estimate of drug-likeness (QED) is 0.357. The molecule has 0 spiro atoms. The zero-order chi connectivity index (χ0) is 22.2. The normalized spacial score (nSPS) is 15.4. The first-order valence-electron chi connectivity index (χ1n) is 10.1. The van der Waals surface area contributed by atoms with Crippen molar-refractivity contribution < 1.29 is 9.53 Å². The van der Waals surface area contributed by atoms with Crippen LogP contribution in [-0.4, -0.2) is 15.5 Å². The van der Waals surface area contributed by atoms with Gasteiger partial charge in [0.05, 0.1) is 32.7 Å². The molecule has 3 aromatic carbocycles. The van der Waals surface area contributed by atoms with Crippen LogP contribution in [0.3, 0.4) is 0 Å². The number of aromatic nitrogens is 2. The number of rotatable bonds is 4. The van der Waals surface area contributed by atoms with Crippen molar-refractivity contribution in [2.75, 3.05) is 5.32 Å². The maximum absolute atomic E-state index is 13.4. The minimum Gasteiger partial charge on any atom is -0.457 e. The number of anilines is 1. The van der Waals surface area contributed by atoms with Crippen LogP contribution in [-0.2, 0) is 16.1 Å². The Bertz CT molecular complexity index is 1360. The van der Waals surface area contributed by atoms with E-state index in [1.807, 2.05) is 78.2 Å². The average Bonchev–Trinajstić information content (AvgIpc) is 3.17. The topological polar surface area (TPSA) is 56.2 Å². The molecule has 0 fully saturated rings. The molecule has 1 aliphatic rings. The van der Waals surface area contributed by atoms with Gasteiger partial charge in [-0.3, -0.25) is 4.57 Å². The molecular formula is C25H19Cl2N3O2. The Balaban J connectivity index is 1.64. The number of carbonyl (C=O) groups excluding carboxylic acids is 1. The Morgan fingerprint density at radius 2 is 1.78 bits per heavy atom. The highest BCUT2D eigenvalue weighted by atomic mass is 35.5. The van der Waals surface area contributed by atoms with Gasteiger partial charge in [0.15, 0.2) is 0 Å². The third-order valence-corrected chi connectivity index (χ3v) is 6.37. The van der Waals surface area contributed by atoms with E-state index in [1.165, 1.54) is 0 Å². The van der Waals surface area contributed by atoms with Gasteiger partial charge in [-0.15, -0.1) is 0 Å². The second-order valence-corrected chi connectivity index (χ2v) is 8.35. The number of nitrogens with one attached hydrogen (secondary N) is 1. The standard InChI is InChI=1S/C25H19Cl2N3O2/c1-15-21(24(31)32-14-16-8-3-2-4-9-16)23(17-10-7-11-18(26)22(17)27)30-20-13-6-5-12-19(20)29-25(30)28-15/h2-13,23H,14H2,1H3,(H,28,29). The maximum atomic E-state index is 13.4. The van der Waals surface area contributed by atoms with E-state index in [9.17, 15) is 4.79 Å². The van der Waals surface area contributed by atoms with Crippen LogP contribution in [0.4, 0.5) is 5.95 Å². The Labute approximate surface area is 195 Å². The number of halogens is 2. The lowest BCUT2D eigenvalue weighted by molar-refractivity contribution is -0.140. The predicted octanol–water partition coefficient (Wildman–Crippen LogP) is 6.38. The number of carbonyl (C=O) groups is 1. The molecule has 1 aromatic heterocycles. The summed E-state index contributed by atoms with van der Waals surface area (Å²) in [6, 6.07) is 22.2. The molecule has 1 atom stereocenters. The van der Waals surface area contributed by atoms with Gasteiger partial charge in [0.1, 0.15) is 6.61 Å². The molecule has 0 saturated heterocycles. The monoisotopic (exact) mass is 463 g/mol. The highest BCUT2D eigenvalue weighted by Gasteiger charge is 2.36.